The predicted molar refractivity (Wildman–Crippen MR) is 47.7 cm³/mol. The summed E-state index contributed by atoms with van der Waals surface area (Å²) in [5.74, 6) is 0.964. The lowest BCUT2D eigenvalue weighted by atomic mass is 10.2. The summed E-state index contributed by atoms with van der Waals surface area (Å²) in [6.07, 6.45) is 6.08. The van der Waals surface area contributed by atoms with Crippen LogP contribution >= 0.6 is 22.6 Å². The average Bonchev–Trinajstić information content (AvgIpc) is 2.62. The van der Waals surface area contributed by atoms with Gasteiger partial charge in [0, 0.05) is 11.8 Å². The summed E-state index contributed by atoms with van der Waals surface area (Å²) in [4.78, 5) is 0. The molecule has 1 saturated carbocycles. The molecule has 1 aliphatic rings. The first-order valence-corrected chi connectivity index (χ1v) is 4.62. The lowest BCUT2D eigenvalue weighted by Crippen LogP contribution is -1.86. The summed E-state index contributed by atoms with van der Waals surface area (Å²) < 4.78 is 1.14. The second-order valence-electron chi connectivity index (χ2n) is 2.85. The molecule has 0 spiro atoms. The highest BCUT2D eigenvalue weighted by molar-refractivity contribution is 14.1. The minimum absolute atomic E-state index is 0.964. The maximum Gasteiger partial charge on any atom is 0.126 e. The quantitative estimate of drug-likeness (QED) is 0.796. The van der Waals surface area contributed by atoms with Crippen LogP contribution in [0.3, 0.4) is 0 Å². The van der Waals surface area contributed by atoms with Gasteiger partial charge in [0.15, 0.2) is 0 Å². The molecule has 0 atom stereocenters. The molecular formula is C7H9IN2. The minimum atomic E-state index is 0.964. The molecule has 0 aliphatic heterocycles. The molecule has 0 saturated heterocycles. The van der Waals surface area contributed by atoms with E-state index in [4.69, 9.17) is 0 Å². The van der Waals surface area contributed by atoms with Crippen LogP contribution in [0, 0.1) is 9.62 Å². The van der Waals surface area contributed by atoms with Crippen molar-refractivity contribution < 1.29 is 0 Å². The van der Waals surface area contributed by atoms with Gasteiger partial charge in [0.25, 0.3) is 0 Å². The fourth-order valence-corrected chi connectivity index (χ4v) is 1.59. The number of halogens is 1. The van der Waals surface area contributed by atoms with Gasteiger partial charge in [0.1, 0.15) is 3.70 Å². The lowest BCUT2D eigenvalue weighted by Gasteiger charge is -1.91. The number of aromatic nitrogens is 2. The standard InChI is InChI=1S/C7H9IN2/c8-7-6(4-9-10-7)3-5-1-2-5/h4-5H,1-3H2,(H,9,10). The summed E-state index contributed by atoms with van der Waals surface area (Å²) in [6.45, 7) is 0. The molecule has 2 nitrogen and oxygen atoms in total. The van der Waals surface area contributed by atoms with Crippen LogP contribution in [0.5, 0.6) is 0 Å². The molecule has 1 aromatic rings. The van der Waals surface area contributed by atoms with Crippen molar-refractivity contribution in [3.63, 3.8) is 0 Å². The summed E-state index contributed by atoms with van der Waals surface area (Å²) in [7, 11) is 0. The first kappa shape index (κ1) is 6.64. The molecule has 1 N–H and O–H groups in total. The molecule has 0 aromatic carbocycles. The van der Waals surface area contributed by atoms with Gasteiger partial charge in [-0.2, -0.15) is 5.10 Å². The molecule has 10 heavy (non-hydrogen) atoms. The van der Waals surface area contributed by atoms with Crippen LogP contribution in [0.2, 0.25) is 0 Å². The number of aromatic amines is 1. The van der Waals surface area contributed by atoms with E-state index in [2.05, 4.69) is 32.8 Å². The predicted octanol–water partition coefficient (Wildman–Crippen LogP) is 1.97. The molecular weight excluding hydrogens is 239 g/mol. The molecule has 1 heterocycles. The highest BCUT2D eigenvalue weighted by Crippen LogP contribution is 2.33. The second kappa shape index (κ2) is 2.53. The number of nitrogens with one attached hydrogen (secondary N) is 1. The highest BCUT2D eigenvalue weighted by atomic mass is 127. The van der Waals surface area contributed by atoms with Crippen LogP contribution in [0.1, 0.15) is 18.4 Å². The van der Waals surface area contributed by atoms with Crippen molar-refractivity contribution >= 4 is 22.6 Å². The molecule has 0 amide bonds. The van der Waals surface area contributed by atoms with E-state index in [0.29, 0.717) is 0 Å². The van der Waals surface area contributed by atoms with Crippen molar-refractivity contribution in [1.82, 2.24) is 10.2 Å². The van der Waals surface area contributed by atoms with E-state index in [9.17, 15) is 0 Å². The largest absolute Gasteiger partial charge is 0.284 e. The van der Waals surface area contributed by atoms with Crippen molar-refractivity contribution in [2.75, 3.05) is 0 Å². The Bertz CT molecular complexity index is 227. The van der Waals surface area contributed by atoms with Gasteiger partial charge >= 0.3 is 0 Å². The van der Waals surface area contributed by atoms with Gasteiger partial charge < -0.3 is 0 Å². The molecule has 1 fully saturated rings. The van der Waals surface area contributed by atoms with Gasteiger partial charge in [-0.15, -0.1) is 0 Å². The molecule has 3 heteroatoms. The molecule has 0 bridgehead atoms. The smallest absolute Gasteiger partial charge is 0.126 e. The third-order valence-corrected chi connectivity index (χ3v) is 2.81. The molecule has 0 radical (unpaired) electrons. The van der Waals surface area contributed by atoms with E-state index in [0.717, 1.165) is 9.62 Å². The maximum atomic E-state index is 4.06. The normalized spacial score (nSPS) is 17.7. The van der Waals surface area contributed by atoms with Gasteiger partial charge in [-0.05, 0) is 47.8 Å². The first-order chi connectivity index (χ1) is 4.86. The van der Waals surface area contributed by atoms with Crippen molar-refractivity contribution in [2.24, 2.45) is 5.92 Å². The zero-order valence-corrected chi connectivity index (χ0v) is 7.76. The zero-order valence-electron chi connectivity index (χ0n) is 5.60. The van der Waals surface area contributed by atoms with Crippen LogP contribution in [-0.4, -0.2) is 10.2 Å². The van der Waals surface area contributed by atoms with Gasteiger partial charge in [0.2, 0.25) is 0 Å². The van der Waals surface area contributed by atoms with E-state index in [1.807, 2.05) is 6.20 Å². The Morgan fingerprint density at radius 2 is 2.50 bits per heavy atom. The van der Waals surface area contributed by atoms with E-state index >= 15 is 0 Å². The van der Waals surface area contributed by atoms with Crippen molar-refractivity contribution in [1.29, 1.82) is 0 Å². The number of rotatable bonds is 2. The van der Waals surface area contributed by atoms with Crippen LogP contribution in [0.25, 0.3) is 0 Å². The zero-order chi connectivity index (χ0) is 6.97. The summed E-state index contributed by atoms with van der Waals surface area (Å²) in [6, 6.07) is 0. The Kier molecular flexibility index (Phi) is 1.68. The van der Waals surface area contributed by atoms with Gasteiger partial charge in [-0.1, -0.05) is 0 Å². The summed E-state index contributed by atoms with van der Waals surface area (Å²) in [5, 5.41) is 6.93. The van der Waals surface area contributed by atoms with Gasteiger partial charge in [-0.25, -0.2) is 0 Å². The topological polar surface area (TPSA) is 28.7 Å². The van der Waals surface area contributed by atoms with Crippen LogP contribution < -0.4 is 0 Å². The fraction of sp³-hybridized carbons (Fsp3) is 0.571. The number of hydrogen-bond acceptors (Lipinski definition) is 1. The van der Waals surface area contributed by atoms with Crippen molar-refractivity contribution in [2.45, 2.75) is 19.3 Å². The van der Waals surface area contributed by atoms with Gasteiger partial charge in [0.05, 0.1) is 0 Å². The Hall–Kier alpha value is -0.0600. The number of H-pyrrole nitrogens is 1. The fourth-order valence-electron chi connectivity index (χ4n) is 1.07. The maximum absolute atomic E-state index is 4.06. The van der Waals surface area contributed by atoms with E-state index in [-0.39, 0.29) is 0 Å². The third kappa shape index (κ3) is 1.33. The lowest BCUT2D eigenvalue weighted by molar-refractivity contribution is 0.829. The average molecular weight is 248 g/mol. The van der Waals surface area contributed by atoms with E-state index in [1.54, 1.807) is 0 Å². The van der Waals surface area contributed by atoms with Crippen LogP contribution in [-0.2, 0) is 6.42 Å². The highest BCUT2D eigenvalue weighted by Gasteiger charge is 2.22. The van der Waals surface area contributed by atoms with Crippen LogP contribution in [0.4, 0.5) is 0 Å². The van der Waals surface area contributed by atoms with E-state index < -0.39 is 0 Å². The minimum Gasteiger partial charge on any atom is -0.284 e. The summed E-state index contributed by atoms with van der Waals surface area (Å²) in [5.41, 5.74) is 1.39. The van der Waals surface area contributed by atoms with Crippen LogP contribution in [0.15, 0.2) is 6.20 Å². The first-order valence-electron chi connectivity index (χ1n) is 3.54. The second-order valence-corrected chi connectivity index (χ2v) is 3.87. The molecule has 1 aromatic heterocycles. The van der Waals surface area contributed by atoms with Crippen molar-refractivity contribution in [3.05, 3.63) is 15.5 Å². The number of hydrogen-bond donors (Lipinski definition) is 1. The Balaban J connectivity index is 2.08. The summed E-state index contributed by atoms with van der Waals surface area (Å²) >= 11 is 2.27. The molecule has 2 rings (SSSR count). The molecule has 0 unspecified atom stereocenters. The Labute approximate surface area is 73.5 Å². The third-order valence-electron chi connectivity index (χ3n) is 1.87. The van der Waals surface area contributed by atoms with Crippen molar-refractivity contribution in [3.8, 4) is 0 Å². The molecule has 1 aliphatic carbocycles. The monoisotopic (exact) mass is 248 g/mol. The van der Waals surface area contributed by atoms with Gasteiger partial charge in [-0.3, -0.25) is 5.10 Å². The molecule has 54 valence electrons. The SMILES string of the molecule is Ic1n[nH]cc1CC1CC1. The van der Waals surface area contributed by atoms with E-state index in [1.165, 1.54) is 24.8 Å². The number of nitrogens with zero attached hydrogens (tertiary/aromatic N) is 1. The Morgan fingerprint density at radius 3 is 3.00 bits per heavy atom. The Morgan fingerprint density at radius 1 is 1.70 bits per heavy atom.